The number of ether oxygens (including phenoxy) is 6. The Morgan fingerprint density at radius 1 is 1.02 bits per heavy atom. The number of nitrogens with zero attached hydrogens (tertiary/aromatic N) is 2. The Balaban J connectivity index is 1.95. The molecule has 1 atom stereocenters. The third kappa shape index (κ3) is 5.75. The lowest BCUT2D eigenvalue weighted by Gasteiger charge is -2.26. The SMILES string of the molecule is CCOC(=O)C1=C(C)N=c2s/c(=C/c3ccc(OC(F)F)c(OC)c3)c(=O)n2[C@@H]1c1cc(OC)c(OC)c(OC)c1. The van der Waals surface area contributed by atoms with Crippen molar-refractivity contribution >= 4 is 23.4 Å². The quantitative estimate of drug-likeness (QED) is 0.331. The van der Waals surface area contributed by atoms with Crippen LogP contribution in [-0.2, 0) is 9.53 Å². The van der Waals surface area contributed by atoms with Gasteiger partial charge in [0.2, 0.25) is 5.75 Å². The molecular weight excluding hydrogens is 562 g/mol. The molecule has 4 rings (SSSR count). The maximum absolute atomic E-state index is 13.9. The van der Waals surface area contributed by atoms with Crippen molar-refractivity contribution < 1.29 is 42.0 Å². The number of carbonyl (C=O) groups is 1. The van der Waals surface area contributed by atoms with Crippen molar-refractivity contribution in [2.45, 2.75) is 26.5 Å². The molecule has 2 aromatic carbocycles. The number of thiazole rings is 1. The summed E-state index contributed by atoms with van der Waals surface area (Å²) in [6.45, 7) is 0.449. The van der Waals surface area contributed by atoms with E-state index in [0.29, 0.717) is 38.9 Å². The fraction of sp³-hybridized carbons (Fsp3) is 0.321. The second-order valence-corrected chi connectivity index (χ2v) is 9.56. The molecule has 0 amide bonds. The lowest BCUT2D eigenvalue weighted by atomic mass is 9.95. The van der Waals surface area contributed by atoms with Gasteiger partial charge in [-0.3, -0.25) is 9.36 Å². The highest BCUT2D eigenvalue weighted by Crippen LogP contribution is 2.42. The summed E-state index contributed by atoms with van der Waals surface area (Å²) in [6.07, 6.45) is 1.58. The zero-order chi connectivity index (χ0) is 29.8. The van der Waals surface area contributed by atoms with Gasteiger partial charge in [0.15, 0.2) is 27.8 Å². The highest BCUT2D eigenvalue weighted by molar-refractivity contribution is 7.07. The first kappa shape index (κ1) is 29.6. The van der Waals surface area contributed by atoms with Crippen LogP contribution in [-0.4, -0.2) is 52.2 Å². The number of hydrogen-bond donors (Lipinski definition) is 0. The van der Waals surface area contributed by atoms with Gasteiger partial charge in [-0.05, 0) is 55.3 Å². The number of methoxy groups -OCH3 is 4. The Kier molecular flexibility index (Phi) is 8.96. The molecule has 0 saturated carbocycles. The topological polar surface area (TPSA) is 107 Å². The molecule has 218 valence electrons. The fourth-order valence-corrected chi connectivity index (χ4v) is 5.53. The maximum Gasteiger partial charge on any atom is 0.387 e. The molecule has 3 aromatic rings. The van der Waals surface area contributed by atoms with E-state index in [1.807, 2.05) is 0 Å². The molecule has 0 N–H and O–H groups in total. The number of halogens is 2. The van der Waals surface area contributed by atoms with Crippen LogP contribution in [0.5, 0.6) is 28.7 Å². The summed E-state index contributed by atoms with van der Waals surface area (Å²) in [5.74, 6) is 0.319. The van der Waals surface area contributed by atoms with Crippen molar-refractivity contribution in [3.8, 4) is 28.7 Å². The van der Waals surface area contributed by atoms with Crippen molar-refractivity contribution in [2.75, 3.05) is 35.0 Å². The lowest BCUT2D eigenvalue weighted by Crippen LogP contribution is -2.40. The molecule has 1 aromatic heterocycles. The number of fused-ring (bicyclic) bond motifs is 1. The molecule has 41 heavy (non-hydrogen) atoms. The van der Waals surface area contributed by atoms with Gasteiger partial charge in [0.25, 0.3) is 5.56 Å². The van der Waals surface area contributed by atoms with E-state index in [1.165, 1.54) is 51.2 Å². The molecule has 10 nitrogen and oxygen atoms in total. The van der Waals surface area contributed by atoms with E-state index in [1.54, 1.807) is 32.1 Å². The number of carbonyl (C=O) groups excluding carboxylic acids is 1. The van der Waals surface area contributed by atoms with Gasteiger partial charge < -0.3 is 28.4 Å². The van der Waals surface area contributed by atoms with Crippen LogP contribution in [0.1, 0.15) is 31.0 Å². The highest BCUT2D eigenvalue weighted by Gasteiger charge is 2.34. The minimum Gasteiger partial charge on any atom is -0.493 e. The average Bonchev–Trinajstić information content (AvgIpc) is 3.25. The van der Waals surface area contributed by atoms with Crippen molar-refractivity contribution in [3.05, 3.63) is 72.4 Å². The Bertz CT molecular complexity index is 1650. The van der Waals surface area contributed by atoms with Gasteiger partial charge in [-0.25, -0.2) is 9.79 Å². The minimum atomic E-state index is -3.02. The van der Waals surface area contributed by atoms with Crippen molar-refractivity contribution in [1.29, 1.82) is 0 Å². The summed E-state index contributed by atoms with van der Waals surface area (Å²) in [5.41, 5.74) is 1.12. The summed E-state index contributed by atoms with van der Waals surface area (Å²) < 4.78 is 58.7. The van der Waals surface area contributed by atoms with Crippen LogP contribution in [0.15, 0.2) is 51.4 Å². The second-order valence-electron chi connectivity index (χ2n) is 8.55. The molecule has 2 heterocycles. The molecule has 0 spiro atoms. The highest BCUT2D eigenvalue weighted by atomic mass is 32.1. The van der Waals surface area contributed by atoms with Gasteiger partial charge in [-0.2, -0.15) is 8.78 Å². The average molecular weight is 591 g/mol. The third-order valence-electron chi connectivity index (χ3n) is 6.22. The summed E-state index contributed by atoms with van der Waals surface area (Å²) in [7, 11) is 5.72. The van der Waals surface area contributed by atoms with Crippen molar-refractivity contribution in [2.24, 2.45) is 4.99 Å². The molecule has 13 heteroatoms. The number of benzene rings is 2. The Morgan fingerprint density at radius 2 is 1.68 bits per heavy atom. The predicted octanol–water partition coefficient (Wildman–Crippen LogP) is 3.43. The first-order chi connectivity index (χ1) is 19.7. The van der Waals surface area contributed by atoms with Crippen LogP contribution in [0.4, 0.5) is 8.78 Å². The number of hydrogen-bond acceptors (Lipinski definition) is 10. The van der Waals surface area contributed by atoms with Crippen LogP contribution < -0.4 is 38.6 Å². The first-order valence-electron chi connectivity index (χ1n) is 12.3. The summed E-state index contributed by atoms with van der Waals surface area (Å²) in [5, 5.41) is 0. The van der Waals surface area contributed by atoms with E-state index in [9.17, 15) is 18.4 Å². The summed E-state index contributed by atoms with van der Waals surface area (Å²) in [4.78, 5) is 32.0. The molecule has 0 bridgehead atoms. The van der Waals surface area contributed by atoms with E-state index in [-0.39, 0.29) is 28.2 Å². The van der Waals surface area contributed by atoms with E-state index >= 15 is 0 Å². The summed E-state index contributed by atoms with van der Waals surface area (Å²) in [6, 6.07) is 6.71. The zero-order valence-corrected chi connectivity index (χ0v) is 24.0. The monoisotopic (exact) mass is 590 g/mol. The smallest absolute Gasteiger partial charge is 0.387 e. The lowest BCUT2D eigenvalue weighted by molar-refractivity contribution is -0.139. The second kappa shape index (κ2) is 12.4. The number of aromatic nitrogens is 1. The van der Waals surface area contributed by atoms with Gasteiger partial charge in [0, 0.05) is 0 Å². The van der Waals surface area contributed by atoms with E-state index in [4.69, 9.17) is 23.7 Å². The van der Waals surface area contributed by atoms with Crippen LogP contribution in [0.25, 0.3) is 6.08 Å². The van der Waals surface area contributed by atoms with Gasteiger partial charge in [-0.15, -0.1) is 0 Å². The molecule has 0 unspecified atom stereocenters. The van der Waals surface area contributed by atoms with Crippen LogP contribution in [0.3, 0.4) is 0 Å². The normalized spacial score (nSPS) is 14.9. The number of rotatable bonds is 10. The van der Waals surface area contributed by atoms with Crippen molar-refractivity contribution in [3.63, 3.8) is 0 Å². The van der Waals surface area contributed by atoms with Gasteiger partial charge in [-0.1, -0.05) is 17.4 Å². The first-order valence-corrected chi connectivity index (χ1v) is 13.1. The summed E-state index contributed by atoms with van der Waals surface area (Å²) >= 11 is 1.10. The minimum absolute atomic E-state index is 0.0718. The molecule has 0 radical (unpaired) electrons. The molecular formula is C28H28F2N2O8S. The molecule has 0 aliphatic carbocycles. The van der Waals surface area contributed by atoms with Gasteiger partial charge in [0.05, 0.1) is 56.9 Å². The largest absolute Gasteiger partial charge is 0.493 e. The zero-order valence-electron chi connectivity index (χ0n) is 23.2. The Labute approximate surface area is 237 Å². The molecule has 1 aliphatic heterocycles. The maximum atomic E-state index is 13.9. The van der Waals surface area contributed by atoms with Crippen LogP contribution >= 0.6 is 11.3 Å². The van der Waals surface area contributed by atoms with Crippen molar-refractivity contribution in [1.82, 2.24) is 4.57 Å². The van der Waals surface area contributed by atoms with Gasteiger partial charge >= 0.3 is 12.6 Å². The third-order valence-corrected chi connectivity index (χ3v) is 7.20. The molecule has 0 saturated heterocycles. The standard InChI is InChI=1S/C28H28F2N2O8S/c1-7-39-26(34)22-14(2)31-28-32(23(22)16-12-19(36-4)24(38-6)20(13-16)37-5)25(33)21(41-28)11-15-8-9-17(40-27(29)30)18(10-15)35-3/h8-13,23,27H,7H2,1-6H3/b21-11+/t23-/m1/s1. The Morgan fingerprint density at radius 3 is 2.24 bits per heavy atom. The van der Waals surface area contributed by atoms with E-state index in [0.717, 1.165) is 11.3 Å². The number of allylic oxidation sites excluding steroid dienone is 1. The van der Waals surface area contributed by atoms with Gasteiger partial charge in [0.1, 0.15) is 0 Å². The van der Waals surface area contributed by atoms with Crippen LogP contribution in [0.2, 0.25) is 0 Å². The van der Waals surface area contributed by atoms with Crippen LogP contribution in [0, 0.1) is 0 Å². The number of esters is 1. The Hall–Kier alpha value is -4.39. The van der Waals surface area contributed by atoms with E-state index in [2.05, 4.69) is 9.73 Å². The number of alkyl halides is 2. The fourth-order valence-electron chi connectivity index (χ4n) is 4.48. The molecule has 0 fully saturated rings. The molecule has 1 aliphatic rings. The van der Waals surface area contributed by atoms with E-state index < -0.39 is 24.2 Å². The predicted molar refractivity (Wildman–Crippen MR) is 146 cm³/mol.